The summed E-state index contributed by atoms with van der Waals surface area (Å²) in [6.07, 6.45) is 62.7. The first-order chi connectivity index (χ1) is 36.2. The lowest BCUT2D eigenvalue weighted by atomic mass is 10.0. The van der Waals surface area contributed by atoms with Crippen LogP contribution < -0.4 is 9.47 Å². The van der Waals surface area contributed by atoms with Crippen molar-refractivity contribution in [1.29, 1.82) is 0 Å². The van der Waals surface area contributed by atoms with Crippen molar-refractivity contribution < 1.29 is 9.47 Å². The molecule has 0 atom stereocenters. The minimum Gasteiger partial charge on any atom is -0.490 e. The van der Waals surface area contributed by atoms with Crippen LogP contribution >= 0.6 is 0 Å². The van der Waals surface area contributed by atoms with Crippen molar-refractivity contribution in [3.63, 3.8) is 0 Å². The fourth-order valence-electron chi connectivity index (χ4n) is 9.74. The van der Waals surface area contributed by atoms with Crippen LogP contribution in [-0.4, -0.2) is 33.1 Å². The highest BCUT2D eigenvalue weighted by Gasteiger charge is 2.06. The van der Waals surface area contributed by atoms with Crippen LogP contribution in [0.25, 0.3) is 22.8 Å². The number of rotatable bonds is 47. The van der Waals surface area contributed by atoms with Crippen molar-refractivity contribution in [1.82, 2.24) is 19.9 Å². The molecule has 4 aromatic rings. The molecule has 0 amide bonds. The molecule has 2 aromatic heterocycles. The van der Waals surface area contributed by atoms with Gasteiger partial charge in [0, 0.05) is 11.1 Å². The molecule has 6 heteroatoms. The Balaban J connectivity index is 0.000000385. The summed E-state index contributed by atoms with van der Waals surface area (Å²) >= 11 is 0. The summed E-state index contributed by atoms with van der Waals surface area (Å²) in [6, 6.07) is 17.6. The Hall–Kier alpha value is -3.80. The lowest BCUT2D eigenvalue weighted by molar-refractivity contribution is 0.302. The summed E-state index contributed by atoms with van der Waals surface area (Å²) < 4.78 is 11.7. The van der Waals surface area contributed by atoms with Crippen molar-refractivity contribution in [2.75, 3.05) is 13.2 Å². The summed E-state index contributed by atoms with van der Waals surface area (Å²) in [7, 11) is 0. The highest BCUT2D eigenvalue weighted by Crippen LogP contribution is 2.22. The zero-order valence-corrected chi connectivity index (χ0v) is 47.9. The second kappa shape index (κ2) is 46.7. The fraction of sp³-hybridized carbons (Fsp3) is 0.701. The number of aryl methyl sites for hydroxylation is 2. The first-order valence-corrected chi connectivity index (χ1v) is 31.2. The number of benzene rings is 2. The van der Waals surface area contributed by atoms with Gasteiger partial charge < -0.3 is 9.47 Å². The van der Waals surface area contributed by atoms with Crippen LogP contribution in [0.3, 0.4) is 0 Å². The maximum atomic E-state index is 5.87. The number of nitrogens with zero attached hydrogens (tertiary/aromatic N) is 4. The Morgan fingerprint density at radius 1 is 0.260 bits per heavy atom. The minimum atomic E-state index is 0.757. The van der Waals surface area contributed by atoms with E-state index in [4.69, 9.17) is 9.47 Å². The third kappa shape index (κ3) is 34.4. The molecule has 0 aliphatic rings. The molecular weight excluding hydrogens is 893 g/mol. The summed E-state index contributed by atoms with van der Waals surface area (Å²) in [5.74, 6) is 3.10. The van der Waals surface area contributed by atoms with Gasteiger partial charge in [-0.1, -0.05) is 301 Å². The summed E-state index contributed by atoms with van der Waals surface area (Å²) in [4.78, 5) is 18.2. The second-order valence-electron chi connectivity index (χ2n) is 21.4. The maximum absolute atomic E-state index is 5.87. The smallest absolute Gasteiger partial charge is 0.159 e. The molecule has 0 fully saturated rings. The highest BCUT2D eigenvalue weighted by molar-refractivity contribution is 5.56. The molecule has 4 rings (SSSR count). The lowest BCUT2D eigenvalue weighted by Gasteiger charge is -2.07. The van der Waals surface area contributed by atoms with E-state index in [1.165, 1.54) is 262 Å². The average molecular weight is 1000 g/mol. The topological polar surface area (TPSA) is 70.0 Å². The van der Waals surface area contributed by atoms with Crippen LogP contribution in [0.2, 0.25) is 0 Å². The molecule has 0 N–H and O–H groups in total. The molecule has 6 nitrogen and oxygen atoms in total. The van der Waals surface area contributed by atoms with Crippen LogP contribution in [-0.2, 0) is 12.8 Å². The van der Waals surface area contributed by atoms with Crippen molar-refractivity contribution >= 4 is 0 Å². The van der Waals surface area contributed by atoms with Gasteiger partial charge in [-0.05, 0) is 49.7 Å². The quantitative estimate of drug-likeness (QED) is 0.0411. The van der Waals surface area contributed by atoms with Gasteiger partial charge in [-0.25, -0.2) is 19.9 Å². The molecule has 2 heterocycles. The van der Waals surface area contributed by atoms with E-state index in [-0.39, 0.29) is 0 Å². The van der Waals surface area contributed by atoms with E-state index in [9.17, 15) is 0 Å². The van der Waals surface area contributed by atoms with Gasteiger partial charge in [0.25, 0.3) is 0 Å². The predicted molar refractivity (Wildman–Crippen MR) is 316 cm³/mol. The molecular formula is C67H110N4O2. The van der Waals surface area contributed by atoms with Gasteiger partial charge >= 0.3 is 0 Å². The van der Waals surface area contributed by atoms with Gasteiger partial charge in [-0.2, -0.15) is 0 Å². The number of hydrogen-bond acceptors (Lipinski definition) is 6. The Kier molecular flexibility index (Phi) is 40.6. The monoisotopic (exact) mass is 1000 g/mol. The van der Waals surface area contributed by atoms with Crippen molar-refractivity contribution in [2.24, 2.45) is 0 Å². The van der Waals surface area contributed by atoms with E-state index in [0.29, 0.717) is 0 Å². The van der Waals surface area contributed by atoms with Gasteiger partial charge in [0.05, 0.1) is 38.0 Å². The molecule has 0 aliphatic carbocycles. The third-order valence-electron chi connectivity index (χ3n) is 14.6. The SMILES string of the molecule is CCCCCCCCCCCCCOc1cnc(-c2ccc(CCCCCCCCCC)cc2)nc1.CCCCCCCCCCCCCOc1cnc(-c2ccc(CCCCCCCCCCC)cc2)nc1. The molecule has 2 aromatic carbocycles. The van der Waals surface area contributed by atoms with E-state index in [0.717, 1.165) is 60.3 Å². The first-order valence-electron chi connectivity index (χ1n) is 31.2. The number of ether oxygens (including phenoxy) is 2. The number of unbranched alkanes of at least 4 members (excludes halogenated alkanes) is 35. The second-order valence-corrected chi connectivity index (χ2v) is 21.4. The van der Waals surface area contributed by atoms with E-state index < -0.39 is 0 Å². The van der Waals surface area contributed by atoms with E-state index in [1.54, 1.807) is 0 Å². The first kappa shape index (κ1) is 63.5. The van der Waals surface area contributed by atoms with E-state index in [1.807, 2.05) is 24.8 Å². The van der Waals surface area contributed by atoms with Gasteiger partial charge in [-0.15, -0.1) is 0 Å². The van der Waals surface area contributed by atoms with Crippen molar-refractivity contribution in [2.45, 2.75) is 291 Å². The average Bonchev–Trinajstić information content (AvgIpc) is 3.42. The summed E-state index contributed by atoms with van der Waals surface area (Å²) in [6.45, 7) is 10.6. The molecule has 0 bridgehead atoms. The van der Waals surface area contributed by atoms with Gasteiger partial charge in [-0.3, -0.25) is 0 Å². The number of hydrogen-bond donors (Lipinski definition) is 0. The van der Waals surface area contributed by atoms with Gasteiger partial charge in [0.2, 0.25) is 0 Å². The molecule has 0 saturated heterocycles. The Morgan fingerprint density at radius 3 is 0.726 bits per heavy atom. The number of aromatic nitrogens is 4. The lowest BCUT2D eigenvalue weighted by Crippen LogP contribution is -1.99. The van der Waals surface area contributed by atoms with E-state index >= 15 is 0 Å². The molecule has 0 radical (unpaired) electrons. The predicted octanol–water partition coefficient (Wildman–Crippen LogP) is 21.4. The normalized spacial score (nSPS) is 11.2. The minimum absolute atomic E-state index is 0.757. The van der Waals surface area contributed by atoms with Crippen LogP contribution in [0.4, 0.5) is 0 Å². The molecule has 73 heavy (non-hydrogen) atoms. The fourth-order valence-corrected chi connectivity index (χ4v) is 9.74. The molecule has 410 valence electrons. The Morgan fingerprint density at radius 2 is 0.479 bits per heavy atom. The zero-order valence-electron chi connectivity index (χ0n) is 47.9. The summed E-state index contributed by atoms with van der Waals surface area (Å²) in [5, 5.41) is 0. The van der Waals surface area contributed by atoms with Crippen LogP contribution in [0, 0.1) is 0 Å². The van der Waals surface area contributed by atoms with Crippen molar-refractivity contribution in [3.8, 4) is 34.3 Å². The van der Waals surface area contributed by atoms with Crippen LogP contribution in [0.5, 0.6) is 11.5 Å². The molecule has 0 unspecified atom stereocenters. The van der Waals surface area contributed by atoms with Crippen LogP contribution in [0.15, 0.2) is 73.3 Å². The van der Waals surface area contributed by atoms with Gasteiger partial charge in [0.1, 0.15) is 0 Å². The molecule has 0 spiro atoms. The third-order valence-corrected chi connectivity index (χ3v) is 14.6. The maximum Gasteiger partial charge on any atom is 0.159 e. The molecule has 0 saturated carbocycles. The highest BCUT2D eigenvalue weighted by atomic mass is 16.5. The van der Waals surface area contributed by atoms with Crippen molar-refractivity contribution in [3.05, 3.63) is 84.4 Å². The Labute approximate surface area is 450 Å². The van der Waals surface area contributed by atoms with Crippen LogP contribution in [0.1, 0.15) is 289 Å². The zero-order chi connectivity index (χ0) is 51.8. The van der Waals surface area contributed by atoms with Gasteiger partial charge in [0.15, 0.2) is 23.1 Å². The largest absolute Gasteiger partial charge is 0.490 e. The standard InChI is InChI=1S/C34H56N2O.C33H54N2O/c1-3-5-7-9-11-13-14-16-18-20-22-28-37-33-29-35-34(36-30-33)32-26-24-31(25-27-32)23-21-19-17-15-12-10-8-6-4-2;1-3-5-7-9-11-13-14-15-17-19-21-27-36-32-28-34-33(35-29-32)31-25-23-30(24-26-31)22-20-18-16-12-10-8-6-4-2/h24-27,29-30H,3-23,28H2,1-2H3;23-26,28-29H,3-22,27H2,1-2H3. The van der Waals surface area contributed by atoms with E-state index in [2.05, 4.69) is 96.2 Å². The molecule has 0 aliphatic heterocycles. The summed E-state index contributed by atoms with van der Waals surface area (Å²) in [5.41, 5.74) is 4.98. The Bertz CT molecular complexity index is 1760.